The number of methoxy groups -OCH3 is 1. The van der Waals surface area contributed by atoms with Crippen LogP contribution in [0.2, 0.25) is 0 Å². The number of rotatable bonds is 7. The maximum atomic E-state index is 12.9. The van der Waals surface area contributed by atoms with Gasteiger partial charge in [-0.05, 0) is 41.5 Å². The zero-order valence-corrected chi connectivity index (χ0v) is 15.6. The Labute approximate surface area is 161 Å². The number of thioether (sulfide) groups is 1. The Kier molecular flexibility index (Phi) is 5.98. The van der Waals surface area contributed by atoms with Crippen LogP contribution < -0.4 is 10.3 Å². The van der Waals surface area contributed by atoms with Gasteiger partial charge in [-0.3, -0.25) is 14.2 Å². The Morgan fingerprint density at radius 1 is 1.04 bits per heavy atom. The van der Waals surface area contributed by atoms with Gasteiger partial charge in [0.25, 0.3) is 5.56 Å². The first-order chi connectivity index (χ1) is 13.1. The number of carboxylic acid groups (broad SMARTS) is 1. The number of nitrogens with zero attached hydrogens (tertiary/aromatic N) is 1. The van der Waals surface area contributed by atoms with E-state index in [1.54, 1.807) is 17.7 Å². The number of carboxylic acids is 1. The maximum absolute atomic E-state index is 12.9. The fourth-order valence-corrected chi connectivity index (χ4v) is 3.70. The second-order valence-corrected chi connectivity index (χ2v) is 6.93. The molecule has 0 aliphatic carbocycles. The summed E-state index contributed by atoms with van der Waals surface area (Å²) in [6.07, 6.45) is 0.0282. The van der Waals surface area contributed by atoms with Crippen LogP contribution in [-0.2, 0) is 4.79 Å². The minimum Gasteiger partial charge on any atom is -0.497 e. The molecule has 0 atom stereocenters. The average Bonchev–Trinajstić information content (AvgIpc) is 2.68. The molecule has 0 amide bonds. The molecule has 138 valence electrons. The van der Waals surface area contributed by atoms with Crippen molar-refractivity contribution in [2.75, 3.05) is 12.9 Å². The van der Waals surface area contributed by atoms with Gasteiger partial charge >= 0.3 is 5.97 Å². The minimum absolute atomic E-state index is 0.0282. The number of ether oxygens (including phenoxy) is 1. The van der Waals surface area contributed by atoms with Crippen LogP contribution in [-0.4, -0.2) is 28.5 Å². The Hall–Kier alpha value is -2.99. The van der Waals surface area contributed by atoms with E-state index in [0.29, 0.717) is 10.8 Å². The first-order valence-electron chi connectivity index (χ1n) is 8.40. The van der Waals surface area contributed by atoms with E-state index in [-0.39, 0.29) is 12.0 Å². The fourth-order valence-electron chi connectivity index (χ4n) is 2.68. The molecule has 0 spiro atoms. The zero-order valence-electron chi connectivity index (χ0n) is 14.8. The molecule has 3 rings (SSSR count). The summed E-state index contributed by atoms with van der Waals surface area (Å²) in [5.41, 5.74) is 2.27. The molecule has 0 unspecified atom stereocenters. The first kappa shape index (κ1) is 18.8. The number of hydrogen-bond acceptors (Lipinski definition) is 4. The zero-order chi connectivity index (χ0) is 19.2. The molecule has 6 heteroatoms. The van der Waals surface area contributed by atoms with Crippen molar-refractivity contribution < 1.29 is 14.6 Å². The highest BCUT2D eigenvalue weighted by Crippen LogP contribution is 2.28. The fraction of sp³-hybridized carbons (Fsp3) is 0.143. The molecule has 27 heavy (non-hydrogen) atoms. The SMILES string of the molecule is COc1ccc(-c2cc(SCCC(=O)O)n(-c3ccccc3)c(=O)c2)cc1. The van der Waals surface area contributed by atoms with Crippen LogP contribution in [0.25, 0.3) is 16.8 Å². The molecule has 0 saturated carbocycles. The molecule has 0 bridgehead atoms. The van der Waals surface area contributed by atoms with Gasteiger partial charge in [0.05, 0.1) is 18.6 Å². The Morgan fingerprint density at radius 3 is 2.37 bits per heavy atom. The average molecular weight is 381 g/mol. The topological polar surface area (TPSA) is 68.5 Å². The third-order valence-electron chi connectivity index (χ3n) is 4.00. The van der Waals surface area contributed by atoms with Crippen LogP contribution in [0.3, 0.4) is 0 Å². The highest BCUT2D eigenvalue weighted by Gasteiger charge is 2.11. The molecule has 0 saturated heterocycles. The van der Waals surface area contributed by atoms with Crippen molar-refractivity contribution in [3.05, 3.63) is 77.1 Å². The second kappa shape index (κ2) is 8.60. The van der Waals surface area contributed by atoms with E-state index in [4.69, 9.17) is 9.84 Å². The van der Waals surface area contributed by atoms with Gasteiger partial charge < -0.3 is 9.84 Å². The van der Waals surface area contributed by atoms with E-state index in [0.717, 1.165) is 22.6 Å². The maximum Gasteiger partial charge on any atom is 0.304 e. The van der Waals surface area contributed by atoms with Crippen molar-refractivity contribution in [1.29, 1.82) is 0 Å². The van der Waals surface area contributed by atoms with Crippen LogP contribution in [0.1, 0.15) is 6.42 Å². The van der Waals surface area contributed by atoms with Gasteiger partial charge in [0, 0.05) is 17.5 Å². The molecule has 5 nitrogen and oxygen atoms in total. The summed E-state index contributed by atoms with van der Waals surface area (Å²) >= 11 is 1.36. The summed E-state index contributed by atoms with van der Waals surface area (Å²) < 4.78 is 6.79. The smallest absolute Gasteiger partial charge is 0.304 e. The lowest BCUT2D eigenvalue weighted by Crippen LogP contribution is -2.19. The third-order valence-corrected chi connectivity index (χ3v) is 5.01. The van der Waals surface area contributed by atoms with Crippen molar-refractivity contribution in [3.63, 3.8) is 0 Å². The number of aromatic nitrogens is 1. The summed E-state index contributed by atoms with van der Waals surface area (Å²) in [7, 11) is 1.60. The number of carbonyl (C=O) groups is 1. The molecule has 0 radical (unpaired) electrons. The van der Waals surface area contributed by atoms with Gasteiger partial charge in [0.2, 0.25) is 0 Å². The van der Waals surface area contributed by atoms with Crippen molar-refractivity contribution in [1.82, 2.24) is 4.57 Å². The van der Waals surface area contributed by atoms with Gasteiger partial charge in [0.15, 0.2) is 0 Å². The van der Waals surface area contributed by atoms with E-state index in [2.05, 4.69) is 0 Å². The molecular formula is C21H19NO4S. The van der Waals surface area contributed by atoms with Crippen molar-refractivity contribution in [2.24, 2.45) is 0 Å². The van der Waals surface area contributed by atoms with Gasteiger partial charge in [-0.1, -0.05) is 30.3 Å². The predicted molar refractivity (Wildman–Crippen MR) is 107 cm³/mol. The first-order valence-corrected chi connectivity index (χ1v) is 9.38. The molecule has 1 heterocycles. The van der Waals surface area contributed by atoms with Crippen molar-refractivity contribution in [3.8, 4) is 22.6 Å². The lowest BCUT2D eigenvalue weighted by atomic mass is 10.1. The second-order valence-electron chi connectivity index (χ2n) is 5.81. The normalized spacial score (nSPS) is 10.6. The molecule has 0 aliphatic rings. The number of pyridine rings is 1. The lowest BCUT2D eigenvalue weighted by Gasteiger charge is -2.14. The van der Waals surface area contributed by atoms with Crippen LogP contribution in [0, 0.1) is 0 Å². The summed E-state index contributed by atoms with van der Waals surface area (Å²) in [4.78, 5) is 23.7. The number of benzene rings is 2. The van der Waals surface area contributed by atoms with Crippen LogP contribution in [0.5, 0.6) is 5.75 Å². The van der Waals surface area contributed by atoms with Gasteiger partial charge in [-0.2, -0.15) is 0 Å². The van der Waals surface area contributed by atoms with Crippen LogP contribution in [0.15, 0.2) is 76.6 Å². The minimum atomic E-state index is -0.859. The van der Waals surface area contributed by atoms with E-state index >= 15 is 0 Å². The van der Waals surface area contributed by atoms with Crippen LogP contribution >= 0.6 is 11.8 Å². The molecule has 0 aliphatic heterocycles. The van der Waals surface area contributed by atoms with E-state index in [1.165, 1.54) is 11.8 Å². The predicted octanol–water partition coefficient (Wildman–Crippen LogP) is 4.08. The van der Waals surface area contributed by atoms with E-state index < -0.39 is 5.97 Å². The lowest BCUT2D eigenvalue weighted by molar-refractivity contribution is -0.136. The quantitative estimate of drug-likeness (QED) is 0.625. The summed E-state index contributed by atoms with van der Waals surface area (Å²) in [5, 5.41) is 9.63. The Bertz CT molecular complexity index is 981. The molecular weight excluding hydrogens is 362 g/mol. The van der Waals surface area contributed by atoms with Gasteiger partial charge in [-0.25, -0.2) is 0 Å². The van der Waals surface area contributed by atoms with Gasteiger partial charge in [-0.15, -0.1) is 11.8 Å². The monoisotopic (exact) mass is 381 g/mol. The van der Waals surface area contributed by atoms with E-state index in [9.17, 15) is 9.59 Å². The summed E-state index contributed by atoms with van der Waals surface area (Å²) in [6, 6.07) is 20.3. The largest absolute Gasteiger partial charge is 0.497 e. The number of para-hydroxylation sites is 1. The number of hydrogen-bond donors (Lipinski definition) is 1. The van der Waals surface area contributed by atoms with E-state index in [1.807, 2.05) is 60.7 Å². The van der Waals surface area contributed by atoms with Gasteiger partial charge in [0.1, 0.15) is 5.75 Å². The highest BCUT2D eigenvalue weighted by atomic mass is 32.2. The highest BCUT2D eigenvalue weighted by molar-refractivity contribution is 7.99. The third kappa shape index (κ3) is 4.60. The Balaban J connectivity index is 2.05. The number of aliphatic carboxylic acids is 1. The summed E-state index contributed by atoms with van der Waals surface area (Å²) in [5.74, 6) is 0.267. The van der Waals surface area contributed by atoms with Crippen LogP contribution in [0.4, 0.5) is 0 Å². The molecule has 0 fully saturated rings. The van der Waals surface area contributed by atoms with Crippen molar-refractivity contribution in [2.45, 2.75) is 11.4 Å². The standard InChI is InChI=1S/C21H19NO4S/c1-26-18-9-7-15(8-10-18)16-13-19(23)22(17-5-3-2-4-6-17)20(14-16)27-12-11-21(24)25/h2-10,13-14H,11-12H2,1H3,(H,24,25). The molecule has 2 aromatic carbocycles. The Morgan fingerprint density at radius 2 is 1.74 bits per heavy atom. The molecule has 1 aromatic heterocycles. The molecule has 3 aromatic rings. The van der Waals surface area contributed by atoms with Crippen molar-refractivity contribution >= 4 is 17.7 Å². The summed E-state index contributed by atoms with van der Waals surface area (Å²) in [6.45, 7) is 0. The molecule has 1 N–H and O–H groups in total.